The lowest BCUT2D eigenvalue weighted by molar-refractivity contribution is -0.119. The van der Waals surface area contributed by atoms with Gasteiger partial charge in [-0.1, -0.05) is 23.7 Å². The lowest BCUT2D eigenvalue weighted by atomic mass is 10.1. The normalized spacial score (nSPS) is 17.0. The number of hydrogen-bond donors (Lipinski definition) is 1. The van der Waals surface area contributed by atoms with Crippen molar-refractivity contribution in [3.8, 4) is 17.3 Å². The summed E-state index contributed by atoms with van der Waals surface area (Å²) in [6.07, 6.45) is 1.04. The van der Waals surface area contributed by atoms with Crippen molar-refractivity contribution in [2.75, 3.05) is 11.9 Å². The molecular formula is C19H15ClN4O3S3. The van der Waals surface area contributed by atoms with Gasteiger partial charge < -0.3 is 5.32 Å². The Bertz CT molecular complexity index is 1230. The van der Waals surface area contributed by atoms with Gasteiger partial charge in [-0.2, -0.15) is 9.57 Å². The van der Waals surface area contributed by atoms with Gasteiger partial charge >= 0.3 is 0 Å². The summed E-state index contributed by atoms with van der Waals surface area (Å²) in [6.45, 7) is 0.282. The van der Waals surface area contributed by atoms with Crippen molar-refractivity contribution in [3.05, 3.63) is 51.7 Å². The molecule has 0 saturated carbocycles. The van der Waals surface area contributed by atoms with E-state index in [1.54, 1.807) is 29.6 Å². The smallest absolute Gasteiger partial charge is 0.253 e. The van der Waals surface area contributed by atoms with Crippen molar-refractivity contribution in [2.45, 2.75) is 23.1 Å². The van der Waals surface area contributed by atoms with Crippen LogP contribution >= 0.6 is 34.3 Å². The Kier molecular flexibility index (Phi) is 5.90. The van der Waals surface area contributed by atoms with Crippen LogP contribution in [0.2, 0.25) is 4.34 Å². The highest BCUT2D eigenvalue weighted by Gasteiger charge is 2.40. The Hall–Kier alpha value is -2.29. The highest BCUT2D eigenvalue weighted by molar-refractivity contribution is 7.91. The molecule has 1 saturated heterocycles. The number of amides is 1. The third kappa shape index (κ3) is 4.12. The summed E-state index contributed by atoms with van der Waals surface area (Å²) < 4.78 is 27.6. The van der Waals surface area contributed by atoms with Crippen LogP contribution in [0.1, 0.15) is 18.4 Å². The van der Waals surface area contributed by atoms with E-state index in [1.165, 1.54) is 27.8 Å². The molecule has 2 aromatic heterocycles. The number of sulfonamides is 1. The number of hydrogen-bond acceptors (Lipinski definition) is 7. The predicted molar refractivity (Wildman–Crippen MR) is 117 cm³/mol. The van der Waals surface area contributed by atoms with Crippen molar-refractivity contribution in [1.29, 1.82) is 5.26 Å². The zero-order chi connectivity index (χ0) is 21.3. The Balaban J connectivity index is 1.49. The van der Waals surface area contributed by atoms with E-state index in [9.17, 15) is 13.2 Å². The predicted octanol–water partition coefficient (Wildman–Crippen LogP) is 4.19. The topological polar surface area (TPSA) is 103 Å². The largest absolute Gasteiger partial charge is 0.301 e. The number of benzene rings is 1. The van der Waals surface area contributed by atoms with Gasteiger partial charge in [0.1, 0.15) is 10.3 Å². The van der Waals surface area contributed by atoms with E-state index in [0.29, 0.717) is 33.6 Å². The lowest BCUT2D eigenvalue weighted by Gasteiger charge is -2.22. The first kappa shape index (κ1) is 21.0. The van der Waals surface area contributed by atoms with Crippen LogP contribution in [0.25, 0.3) is 11.3 Å². The highest BCUT2D eigenvalue weighted by Crippen LogP contribution is 2.33. The molecular weight excluding hydrogens is 464 g/mol. The monoisotopic (exact) mass is 478 g/mol. The maximum Gasteiger partial charge on any atom is 0.253 e. The number of halogens is 1. The maximum absolute atomic E-state index is 12.9. The minimum absolute atomic E-state index is 0.129. The van der Waals surface area contributed by atoms with E-state index < -0.39 is 22.0 Å². The van der Waals surface area contributed by atoms with E-state index in [2.05, 4.69) is 16.4 Å². The van der Waals surface area contributed by atoms with Crippen molar-refractivity contribution >= 4 is 55.3 Å². The van der Waals surface area contributed by atoms with Crippen LogP contribution in [0, 0.1) is 11.3 Å². The van der Waals surface area contributed by atoms with Gasteiger partial charge in [0.25, 0.3) is 10.0 Å². The molecule has 3 heterocycles. The molecule has 11 heteroatoms. The number of thiophene rings is 1. The highest BCUT2D eigenvalue weighted by atomic mass is 35.5. The van der Waals surface area contributed by atoms with E-state index in [0.717, 1.165) is 16.9 Å². The number of thiazole rings is 1. The number of aromatic nitrogens is 1. The molecule has 0 bridgehead atoms. The van der Waals surface area contributed by atoms with Crippen molar-refractivity contribution in [2.24, 2.45) is 0 Å². The number of carbonyl (C=O) groups excluding carboxylic acids is 1. The standard InChI is InChI=1S/C19H15ClN4O3S3/c20-16-7-8-17(29-16)30(26,27)24-9-1-2-15(24)18(25)23-19-22-14(11-28-19)13-5-3-12(10-21)4-6-13/h3-8,11,15H,1-2,9H2,(H,22,23,25)/t15-/m1/s1. The molecule has 4 rings (SSSR count). The summed E-state index contributed by atoms with van der Waals surface area (Å²) in [7, 11) is -3.79. The number of nitriles is 1. The van der Waals surface area contributed by atoms with Gasteiger partial charge in [-0.25, -0.2) is 13.4 Å². The second-order valence-corrected chi connectivity index (χ2v) is 11.2. The minimum atomic E-state index is -3.79. The van der Waals surface area contributed by atoms with Gasteiger partial charge in [0, 0.05) is 17.5 Å². The number of carbonyl (C=O) groups is 1. The van der Waals surface area contributed by atoms with Gasteiger partial charge in [0.05, 0.1) is 21.7 Å². The van der Waals surface area contributed by atoms with E-state index in [-0.39, 0.29) is 10.8 Å². The molecule has 1 aliphatic heterocycles. The summed E-state index contributed by atoms with van der Waals surface area (Å²) in [5.74, 6) is -0.403. The van der Waals surface area contributed by atoms with E-state index in [1.807, 2.05) is 0 Å². The Morgan fingerprint density at radius 1 is 1.27 bits per heavy atom. The second-order valence-electron chi connectivity index (χ2n) is 6.55. The van der Waals surface area contributed by atoms with Gasteiger partial charge in [-0.05, 0) is 37.1 Å². The van der Waals surface area contributed by atoms with Gasteiger partial charge in [-0.15, -0.1) is 22.7 Å². The zero-order valence-electron chi connectivity index (χ0n) is 15.4. The molecule has 3 aromatic rings. The fourth-order valence-corrected chi connectivity index (χ4v) is 7.20. The zero-order valence-corrected chi connectivity index (χ0v) is 18.6. The van der Waals surface area contributed by atoms with E-state index in [4.69, 9.17) is 16.9 Å². The van der Waals surface area contributed by atoms with Crippen LogP contribution in [0.15, 0.2) is 46.0 Å². The third-order valence-corrected chi connectivity index (χ3v) is 9.03. The van der Waals surface area contributed by atoms with Crippen molar-refractivity contribution in [1.82, 2.24) is 9.29 Å². The van der Waals surface area contributed by atoms with Gasteiger partial charge in [-0.3, -0.25) is 4.79 Å². The molecule has 1 aromatic carbocycles. The summed E-state index contributed by atoms with van der Waals surface area (Å²) in [4.78, 5) is 17.2. The summed E-state index contributed by atoms with van der Waals surface area (Å²) in [5, 5.41) is 13.8. The molecule has 30 heavy (non-hydrogen) atoms. The SMILES string of the molecule is N#Cc1ccc(-c2csc(NC(=O)[C@H]3CCCN3S(=O)(=O)c3ccc(Cl)s3)n2)cc1. The lowest BCUT2D eigenvalue weighted by Crippen LogP contribution is -2.42. The minimum Gasteiger partial charge on any atom is -0.301 e. The molecule has 1 N–H and O–H groups in total. The first-order chi connectivity index (χ1) is 14.4. The summed E-state index contributed by atoms with van der Waals surface area (Å²) in [6, 6.07) is 11.2. The molecule has 7 nitrogen and oxygen atoms in total. The van der Waals surface area contributed by atoms with Gasteiger partial charge in [0.2, 0.25) is 5.91 Å². The molecule has 154 valence electrons. The maximum atomic E-state index is 12.9. The third-order valence-electron chi connectivity index (χ3n) is 4.66. The van der Waals surface area contributed by atoms with Crippen LogP contribution in [0.5, 0.6) is 0 Å². The fraction of sp³-hybridized carbons (Fsp3) is 0.211. The Morgan fingerprint density at radius 3 is 2.70 bits per heavy atom. The van der Waals surface area contributed by atoms with Crippen LogP contribution in [-0.2, 0) is 14.8 Å². The average molecular weight is 479 g/mol. The van der Waals surface area contributed by atoms with Gasteiger partial charge in [0.15, 0.2) is 5.13 Å². The second kappa shape index (κ2) is 8.45. The van der Waals surface area contributed by atoms with Crippen molar-refractivity contribution in [3.63, 3.8) is 0 Å². The molecule has 1 amide bonds. The van der Waals surface area contributed by atoms with Crippen LogP contribution in [0.4, 0.5) is 5.13 Å². The quantitative estimate of drug-likeness (QED) is 0.592. The first-order valence-corrected chi connectivity index (χ1v) is 12.4. The molecule has 0 radical (unpaired) electrons. The van der Waals surface area contributed by atoms with Crippen LogP contribution in [-0.4, -0.2) is 36.2 Å². The number of rotatable bonds is 5. The molecule has 1 atom stereocenters. The van der Waals surface area contributed by atoms with Crippen LogP contribution in [0.3, 0.4) is 0 Å². The molecule has 0 aliphatic carbocycles. The number of anilines is 1. The Labute approximate surface area is 186 Å². The Morgan fingerprint density at radius 2 is 2.03 bits per heavy atom. The molecule has 0 spiro atoms. The molecule has 1 fully saturated rings. The van der Waals surface area contributed by atoms with E-state index >= 15 is 0 Å². The first-order valence-electron chi connectivity index (χ1n) is 8.92. The fourth-order valence-electron chi connectivity index (χ4n) is 3.21. The summed E-state index contributed by atoms with van der Waals surface area (Å²) in [5.41, 5.74) is 2.05. The summed E-state index contributed by atoms with van der Waals surface area (Å²) >= 11 is 8.12. The number of nitrogens with zero attached hydrogens (tertiary/aromatic N) is 3. The van der Waals surface area contributed by atoms with Crippen LogP contribution < -0.4 is 5.32 Å². The molecule has 1 aliphatic rings. The number of nitrogens with one attached hydrogen (secondary N) is 1. The molecule has 0 unspecified atom stereocenters. The van der Waals surface area contributed by atoms with Crippen molar-refractivity contribution < 1.29 is 13.2 Å². The average Bonchev–Trinajstić information content (AvgIpc) is 3.48.